The molecule has 144 valence electrons. The van der Waals surface area contributed by atoms with Crippen LogP contribution in [-0.2, 0) is 0 Å². The summed E-state index contributed by atoms with van der Waals surface area (Å²) in [6, 6.07) is 12.8. The van der Waals surface area contributed by atoms with Crippen LogP contribution in [0.25, 0.3) is 16.8 Å². The number of anilines is 1. The highest BCUT2D eigenvalue weighted by Gasteiger charge is 2.17. The molecule has 0 radical (unpaired) electrons. The topological polar surface area (TPSA) is 62.0 Å². The Hall–Kier alpha value is -3.08. The zero-order chi connectivity index (χ0) is 20.1. The summed E-state index contributed by atoms with van der Waals surface area (Å²) in [5, 5.41) is 12.0. The van der Waals surface area contributed by atoms with Gasteiger partial charge in [-0.3, -0.25) is 4.99 Å². The fraction of sp³-hybridized carbons (Fsp3) is 0.304. The van der Waals surface area contributed by atoms with E-state index in [4.69, 9.17) is 4.98 Å². The van der Waals surface area contributed by atoms with Crippen LogP contribution in [0.2, 0.25) is 0 Å². The first-order chi connectivity index (χ1) is 13.5. The van der Waals surface area contributed by atoms with Crippen molar-refractivity contribution >= 4 is 29.0 Å². The molecule has 1 aromatic carbocycles. The lowest BCUT2D eigenvalue weighted by Gasteiger charge is -2.15. The fourth-order valence-corrected chi connectivity index (χ4v) is 3.16. The highest BCUT2D eigenvalue weighted by Crippen LogP contribution is 2.27. The molecule has 0 spiro atoms. The highest BCUT2D eigenvalue weighted by atomic mass is 15.2. The van der Waals surface area contributed by atoms with Crippen molar-refractivity contribution in [1.29, 1.82) is 0 Å². The number of aliphatic imine (C=N–C) groups is 1. The SMILES string of the molecule is C/C=C(\C=NC)c1cccc(-c2ccc(C3=NN=C(C)C3)c(NC(C)C)n2)c1. The summed E-state index contributed by atoms with van der Waals surface area (Å²) >= 11 is 0. The second-order valence-corrected chi connectivity index (χ2v) is 7.16. The van der Waals surface area contributed by atoms with E-state index in [9.17, 15) is 0 Å². The van der Waals surface area contributed by atoms with Crippen LogP contribution in [-0.4, -0.2) is 35.7 Å². The Balaban J connectivity index is 2.01. The van der Waals surface area contributed by atoms with Crippen molar-refractivity contribution in [2.75, 3.05) is 12.4 Å². The number of hydrogen-bond acceptors (Lipinski definition) is 5. The van der Waals surface area contributed by atoms with Gasteiger partial charge in [-0.15, -0.1) is 0 Å². The van der Waals surface area contributed by atoms with Crippen LogP contribution in [0.1, 0.15) is 45.2 Å². The third kappa shape index (κ3) is 4.42. The van der Waals surface area contributed by atoms with Crippen LogP contribution in [0, 0.1) is 0 Å². The maximum Gasteiger partial charge on any atom is 0.136 e. The molecule has 1 aromatic heterocycles. The molecule has 28 heavy (non-hydrogen) atoms. The fourth-order valence-electron chi connectivity index (χ4n) is 3.16. The quantitative estimate of drug-likeness (QED) is 0.704. The number of pyridine rings is 1. The molecule has 0 aliphatic carbocycles. The van der Waals surface area contributed by atoms with E-state index in [0.29, 0.717) is 0 Å². The number of benzene rings is 1. The monoisotopic (exact) mass is 373 g/mol. The van der Waals surface area contributed by atoms with E-state index in [-0.39, 0.29) is 6.04 Å². The molecule has 0 unspecified atom stereocenters. The summed E-state index contributed by atoms with van der Waals surface area (Å²) in [5.74, 6) is 0.850. The molecule has 1 N–H and O–H groups in total. The van der Waals surface area contributed by atoms with Crippen molar-refractivity contribution in [1.82, 2.24) is 4.98 Å². The average Bonchev–Trinajstić information content (AvgIpc) is 3.11. The minimum absolute atomic E-state index is 0.271. The second kappa shape index (κ2) is 8.74. The van der Waals surface area contributed by atoms with E-state index < -0.39 is 0 Å². The summed E-state index contributed by atoms with van der Waals surface area (Å²) in [4.78, 5) is 9.08. The Bertz CT molecular complexity index is 980. The molecule has 5 nitrogen and oxygen atoms in total. The van der Waals surface area contributed by atoms with Crippen LogP contribution >= 0.6 is 0 Å². The maximum absolute atomic E-state index is 4.93. The van der Waals surface area contributed by atoms with Crippen LogP contribution in [0.5, 0.6) is 0 Å². The van der Waals surface area contributed by atoms with Crippen LogP contribution in [0.15, 0.2) is 57.7 Å². The van der Waals surface area contributed by atoms with E-state index in [1.165, 1.54) is 0 Å². The molecule has 3 rings (SSSR count). The van der Waals surface area contributed by atoms with Gasteiger partial charge >= 0.3 is 0 Å². The molecule has 1 aliphatic rings. The first-order valence-electron chi connectivity index (χ1n) is 9.59. The molecule has 5 heteroatoms. The Morgan fingerprint density at radius 3 is 2.64 bits per heavy atom. The Morgan fingerprint density at radius 1 is 1.18 bits per heavy atom. The largest absolute Gasteiger partial charge is 0.367 e. The van der Waals surface area contributed by atoms with Crippen LogP contribution < -0.4 is 5.32 Å². The van der Waals surface area contributed by atoms with E-state index in [1.807, 2.05) is 20.1 Å². The number of aromatic nitrogens is 1. The van der Waals surface area contributed by atoms with Crippen molar-refractivity contribution in [2.24, 2.45) is 15.2 Å². The molecular formula is C23H27N5. The first-order valence-corrected chi connectivity index (χ1v) is 9.59. The summed E-state index contributed by atoms with van der Waals surface area (Å²) in [5.41, 5.74) is 7.21. The average molecular weight is 374 g/mol. The molecule has 0 saturated heterocycles. The van der Waals surface area contributed by atoms with E-state index >= 15 is 0 Å². The Morgan fingerprint density at radius 2 is 2.00 bits per heavy atom. The number of rotatable bonds is 6. The number of nitrogens with one attached hydrogen (secondary N) is 1. The summed E-state index contributed by atoms with van der Waals surface area (Å²) in [6.45, 7) is 8.24. The number of nitrogens with zero attached hydrogens (tertiary/aromatic N) is 4. The molecule has 1 aliphatic heterocycles. The normalized spacial score (nSPS) is 14.6. The molecular weight excluding hydrogens is 346 g/mol. The van der Waals surface area contributed by atoms with Crippen molar-refractivity contribution < 1.29 is 0 Å². The molecule has 0 atom stereocenters. The van der Waals surface area contributed by atoms with Gasteiger partial charge in [0.25, 0.3) is 0 Å². The molecule has 2 heterocycles. The van der Waals surface area contributed by atoms with Crippen LogP contribution in [0.4, 0.5) is 5.82 Å². The minimum atomic E-state index is 0.271. The van der Waals surface area contributed by atoms with Crippen molar-refractivity contribution in [3.05, 3.63) is 53.6 Å². The first kappa shape index (κ1) is 19.7. The predicted molar refractivity (Wildman–Crippen MR) is 121 cm³/mol. The molecule has 0 fully saturated rings. The Kier molecular flexibility index (Phi) is 6.14. The number of allylic oxidation sites excluding steroid dienone is 2. The zero-order valence-electron chi connectivity index (χ0n) is 17.2. The van der Waals surface area contributed by atoms with Gasteiger partial charge in [-0.25, -0.2) is 4.98 Å². The lowest BCUT2D eigenvalue weighted by Crippen LogP contribution is -2.15. The summed E-state index contributed by atoms with van der Waals surface area (Å²) in [7, 11) is 1.79. The van der Waals surface area contributed by atoms with Gasteiger partial charge in [0.05, 0.1) is 11.4 Å². The van der Waals surface area contributed by atoms with Gasteiger partial charge in [-0.05, 0) is 57.0 Å². The van der Waals surface area contributed by atoms with Gasteiger partial charge < -0.3 is 5.32 Å². The summed E-state index contributed by atoms with van der Waals surface area (Å²) in [6.07, 6.45) is 4.71. The lowest BCUT2D eigenvalue weighted by molar-refractivity contribution is 0.889. The van der Waals surface area contributed by atoms with Crippen LogP contribution in [0.3, 0.4) is 0 Å². The smallest absolute Gasteiger partial charge is 0.136 e. The predicted octanol–water partition coefficient (Wildman–Crippen LogP) is 5.24. The second-order valence-electron chi connectivity index (χ2n) is 7.16. The third-order valence-corrected chi connectivity index (χ3v) is 4.47. The van der Waals surface area contributed by atoms with Crippen molar-refractivity contribution in [2.45, 2.75) is 40.2 Å². The van der Waals surface area contributed by atoms with E-state index in [0.717, 1.165) is 51.6 Å². The Labute approximate surface area is 167 Å². The van der Waals surface area contributed by atoms with E-state index in [2.05, 4.69) is 76.8 Å². The molecule has 0 saturated carbocycles. The van der Waals surface area contributed by atoms with Gasteiger partial charge in [-0.2, -0.15) is 10.2 Å². The standard InChI is InChI=1S/C23H27N5/c1-6-17(14-24-5)18-8-7-9-19(13-18)21-11-10-20(22-12-16(4)27-28-22)23(26-21)25-15(2)3/h6-11,13-15H,12H2,1-5H3,(H,25,26)/b17-6+,24-14?. The van der Waals surface area contributed by atoms with Crippen molar-refractivity contribution in [3.8, 4) is 11.3 Å². The maximum atomic E-state index is 4.93. The molecule has 0 bridgehead atoms. The lowest BCUT2D eigenvalue weighted by atomic mass is 10.0. The number of hydrogen-bond donors (Lipinski definition) is 1. The molecule has 2 aromatic rings. The zero-order valence-corrected chi connectivity index (χ0v) is 17.2. The van der Waals surface area contributed by atoms with E-state index in [1.54, 1.807) is 7.05 Å². The molecule has 0 amide bonds. The third-order valence-electron chi connectivity index (χ3n) is 4.47. The minimum Gasteiger partial charge on any atom is -0.367 e. The van der Waals surface area contributed by atoms with Gasteiger partial charge in [0.1, 0.15) is 5.82 Å². The van der Waals surface area contributed by atoms with Crippen molar-refractivity contribution in [3.63, 3.8) is 0 Å². The van der Waals surface area contributed by atoms with Gasteiger partial charge in [0.15, 0.2) is 0 Å². The van der Waals surface area contributed by atoms with Gasteiger partial charge in [0, 0.05) is 42.6 Å². The highest BCUT2D eigenvalue weighted by molar-refractivity contribution is 6.16. The van der Waals surface area contributed by atoms with Gasteiger partial charge in [-0.1, -0.05) is 24.3 Å². The van der Waals surface area contributed by atoms with Gasteiger partial charge in [0.2, 0.25) is 0 Å². The summed E-state index contributed by atoms with van der Waals surface area (Å²) < 4.78 is 0.